The predicted molar refractivity (Wildman–Crippen MR) is 118 cm³/mol. The Balaban J connectivity index is 1.29. The van der Waals surface area contributed by atoms with Crippen molar-refractivity contribution in [1.29, 1.82) is 0 Å². The Morgan fingerprint density at radius 2 is 1.80 bits per heavy atom. The maximum Gasteiger partial charge on any atom is 0.225 e. The molecule has 2 heterocycles. The van der Waals surface area contributed by atoms with Crippen LogP contribution in [-0.4, -0.2) is 34.5 Å². The van der Waals surface area contributed by atoms with E-state index in [0.717, 1.165) is 40.4 Å². The number of hydrogen-bond acceptors (Lipinski definition) is 2. The van der Waals surface area contributed by atoms with E-state index in [1.54, 1.807) is 0 Å². The molecule has 1 aromatic heterocycles. The summed E-state index contributed by atoms with van der Waals surface area (Å²) in [6.07, 6.45) is 5.22. The SMILES string of the molecule is Cc1c(-c2ccc(CC3(F)CCN(C(=O)C4CC4)CC3)cc2)cnc2ccccc12. The van der Waals surface area contributed by atoms with Crippen LogP contribution in [0.2, 0.25) is 0 Å². The van der Waals surface area contributed by atoms with Crippen LogP contribution in [0.1, 0.15) is 36.8 Å². The van der Waals surface area contributed by atoms with Crippen molar-refractivity contribution in [3.05, 3.63) is 65.9 Å². The summed E-state index contributed by atoms with van der Waals surface area (Å²) in [6, 6.07) is 16.4. The minimum atomic E-state index is -1.22. The second-order valence-corrected chi connectivity index (χ2v) is 8.94. The van der Waals surface area contributed by atoms with Gasteiger partial charge in [0.2, 0.25) is 5.91 Å². The lowest BCUT2D eigenvalue weighted by molar-refractivity contribution is -0.135. The van der Waals surface area contributed by atoms with E-state index < -0.39 is 5.67 Å². The quantitative estimate of drug-likeness (QED) is 0.578. The summed E-state index contributed by atoms with van der Waals surface area (Å²) in [7, 11) is 0. The van der Waals surface area contributed by atoms with Crippen LogP contribution in [0.3, 0.4) is 0 Å². The number of para-hydroxylation sites is 1. The summed E-state index contributed by atoms with van der Waals surface area (Å²) in [6.45, 7) is 3.22. The topological polar surface area (TPSA) is 33.2 Å². The fourth-order valence-electron chi connectivity index (χ4n) is 4.63. The molecule has 30 heavy (non-hydrogen) atoms. The highest BCUT2D eigenvalue weighted by molar-refractivity contribution is 5.88. The number of carbonyl (C=O) groups excluding carboxylic acids is 1. The van der Waals surface area contributed by atoms with Gasteiger partial charge in [-0.05, 0) is 55.4 Å². The Morgan fingerprint density at radius 3 is 2.50 bits per heavy atom. The van der Waals surface area contributed by atoms with Crippen molar-refractivity contribution in [3.63, 3.8) is 0 Å². The first kappa shape index (κ1) is 19.2. The lowest BCUT2D eigenvalue weighted by Crippen LogP contribution is -2.46. The number of alkyl halides is 1. The van der Waals surface area contributed by atoms with Gasteiger partial charge in [0.1, 0.15) is 5.67 Å². The number of aryl methyl sites for hydroxylation is 1. The van der Waals surface area contributed by atoms with E-state index in [4.69, 9.17) is 0 Å². The molecule has 4 heteroatoms. The van der Waals surface area contributed by atoms with Gasteiger partial charge in [-0.2, -0.15) is 0 Å². The molecule has 1 aliphatic heterocycles. The van der Waals surface area contributed by atoms with Gasteiger partial charge in [0.25, 0.3) is 0 Å². The van der Waals surface area contributed by atoms with Crippen LogP contribution in [0.15, 0.2) is 54.7 Å². The number of nitrogens with zero attached hydrogens (tertiary/aromatic N) is 2. The fraction of sp³-hybridized carbons (Fsp3) is 0.385. The van der Waals surface area contributed by atoms with Crippen molar-refractivity contribution in [2.75, 3.05) is 13.1 Å². The summed E-state index contributed by atoms with van der Waals surface area (Å²) >= 11 is 0. The van der Waals surface area contributed by atoms with E-state index in [-0.39, 0.29) is 11.8 Å². The zero-order valence-electron chi connectivity index (χ0n) is 17.4. The van der Waals surface area contributed by atoms with E-state index in [1.165, 1.54) is 5.56 Å². The van der Waals surface area contributed by atoms with Crippen LogP contribution < -0.4 is 0 Å². The predicted octanol–water partition coefficient (Wildman–Crippen LogP) is 5.49. The smallest absolute Gasteiger partial charge is 0.225 e. The Bertz CT molecular complexity index is 1080. The average molecular weight is 403 g/mol. The van der Waals surface area contributed by atoms with Crippen molar-refractivity contribution in [2.24, 2.45) is 5.92 Å². The average Bonchev–Trinajstić information content (AvgIpc) is 3.60. The molecule has 2 fully saturated rings. The molecule has 0 unspecified atom stereocenters. The molecule has 2 aromatic carbocycles. The van der Waals surface area contributed by atoms with Crippen LogP contribution in [0, 0.1) is 12.8 Å². The number of benzene rings is 2. The van der Waals surface area contributed by atoms with Crippen molar-refractivity contribution in [1.82, 2.24) is 9.88 Å². The molecule has 3 nitrogen and oxygen atoms in total. The van der Waals surface area contributed by atoms with Gasteiger partial charge in [0.15, 0.2) is 0 Å². The van der Waals surface area contributed by atoms with Gasteiger partial charge >= 0.3 is 0 Å². The molecule has 2 aliphatic rings. The number of fused-ring (bicyclic) bond motifs is 1. The highest BCUT2D eigenvalue weighted by Gasteiger charge is 2.40. The number of pyridine rings is 1. The van der Waals surface area contributed by atoms with E-state index in [9.17, 15) is 4.79 Å². The first-order chi connectivity index (χ1) is 14.5. The van der Waals surface area contributed by atoms with Crippen LogP contribution in [0.5, 0.6) is 0 Å². The molecular weight excluding hydrogens is 375 g/mol. The van der Waals surface area contributed by atoms with E-state index in [1.807, 2.05) is 41.4 Å². The largest absolute Gasteiger partial charge is 0.342 e. The number of amides is 1. The summed E-state index contributed by atoms with van der Waals surface area (Å²) in [4.78, 5) is 18.7. The molecule has 1 saturated heterocycles. The van der Waals surface area contributed by atoms with E-state index in [0.29, 0.717) is 32.4 Å². The molecule has 0 N–H and O–H groups in total. The van der Waals surface area contributed by atoms with E-state index in [2.05, 4.69) is 30.1 Å². The summed E-state index contributed by atoms with van der Waals surface area (Å²) in [5, 5.41) is 1.16. The lowest BCUT2D eigenvalue weighted by atomic mass is 9.86. The molecule has 154 valence electrons. The maximum absolute atomic E-state index is 15.4. The van der Waals surface area contributed by atoms with Crippen molar-refractivity contribution in [2.45, 2.75) is 44.7 Å². The zero-order valence-corrected chi connectivity index (χ0v) is 17.4. The Kier molecular flexibility index (Phi) is 4.80. The van der Waals surface area contributed by atoms with Gasteiger partial charge in [0, 0.05) is 42.6 Å². The number of carbonyl (C=O) groups is 1. The van der Waals surface area contributed by atoms with Gasteiger partial charge in [-0.1, -0.05) is 42.5 Å². The lowest BCUT2D eigenvalue weighted by Gasteiger charge is -2.36. The van der Waals surface area contributed by atoms with Crippen molar-refractivity contribution < 1.29 is 9.18 Å². The van der Waals surface area contributed by atoms with Gasteiger partial charge in [-0.25, -0.2) is 4.39 Å². The standard InChI is InChI=1S/C26H27FN2O/c1-18-22-4-2-3-5-24(22)28-17-23(18)20-8-6-19(7-9-20)16-26(27)12-14-29(15-13-26)25(30)21-10-11-21/h2-9,17,21H,10-16H2,1H3. The minimum Gasteiger partial charge on any atom is -0.342 e. The number of aromatic nitrogens is 1. The number of piperidine rings is 1. The molecule has 1 saturated carbocycles. The number of hydrogen-bond donors (Lipinski definition) is 0. The monoisotopic (exact) mass is 402 g/mol. The van der Waals surface area contributed by atoms with Crippen LogP contribution >= 0.6 is 0 Å². The molecule has 0 spiro atoms. The van der Waals surface area contributed by atoms with Crippen LogP contribution in [0.25, 0.3) is 22.0 Å². The summed E-state index contributed by atoms with van der Waals surface area (Å²) in [5.41, 5.74) is 4.22. The molecule has 3 aromatic rings. The van der Waals surface area contributed by atoms with Gasteiger partial charge in [-0.15, -0.1) is 0 Å². The van der Waals surface area contributed by atoms with Gasteiger partial charge in [-0.3, -0.25) is 9.78 Å². The second-order valence-electron chi connectivity index (χ2n) is 8.94. The Hall–Kier alpha value is -2.75. The van der Waals surface area contributed by atoms with Gasteiger partial charge in [0.05, 0.1) is 5.52 Å². The molecule has 0 radical (unpaired) electrons. The molecule has 5 rings (SSSR count). The molecule has 1 aliphatic carbocycles. The van der Waals surface area contributed by atoms with Gasteiger partial charge < -0.3 is 4.90 Å². The molecular formula is C26H27FN2O. The minimum absolute atomic E-state index is 0.220. The number of rotatable bonds is 4. The normalized spacial score (nSPS) is 18.5. The first-order valence-electron chi connectivity index (χ1n) is 10.9. The van der Waals surface area contributed by atoms with Crippen molar-refractivity contribution in [3.8, 4) is 11.1 Å². The zero-order chi connectivity index (χ0) is 20.7. The van der Waals surface area contributed by atoms with Crippen LogP contribution in [-0.2, 0) is 11.2 Å². The van der Waals surface area contributed by atoms with Crippen molar-refractivity contribution >= 4 is 16.8 Å². The summed E-state index contributed by atoms with van der Waals surface area (Å²) in [5.74, 6) is 0.457. The highest BCUT2D eigenvalue weighted by atomic mass is 19.1. The number of likely N-dealkylation sites (tertiary alicyclic amines) is 1. The van der Waals surface area contributed by atoms with E-state index >= 15 is 4.39 Å². The third-order valence-electron chi connectivity index (χ3n) is 6.73. The maximum atomic E-state index is 15.4. The van der Waals surface area contributed by atoms with Crippen LogP contribution in [0.4, 0.5) is 4.39 Å². The Morgan fingerprint density at radius 1 is 1.10 bits per heavy atom. The molecule has 0 bridgehead atoms. The highest BCUT2D eigenvalue weighted by Crippen LogP contribution is 2.36. The molecule has 1 amide bonds. The fourth-order valence-corrected chi connectivity index (χ4v) is 4.63. The molecule has 0 atom stereocenters. The number of halogens is 1. The Labute approximate surface area is 176 Å². The third-order valence-corrected chi connectivity index (χ3v) is 6.73. The first-order valence-corrected chi connectivity index (χ1v) is 10.9. The third kappa shape index (κ3) is 3.71. The summed E-state index contributed by atoms with van der Waals surface area (Å²) < 4.78 is 15.4. The second kappa shape index (κ2) is 7.50.